The number of aromatic nitrogens is 3. The van der Waals surface area contributed by atoms with Gasteiger partial charge in [0.1, 0.15) is 0 Å². The molecule has 13 rings (SSSR count). The van der Waals surface area contributed by atoms with Gasteiger partial charge in [-0.2, -0.15) is 5.26 Å². The van der Waals surface area contributed by atoms with Crippen LogP contribution >= 0.6 is 0 Å². The van der Waals surface area contributed by atoms with E-state index in [1.165, 1.54) is 53.2 Å². The van der Waals surface area contributed by atoms with E-state index >= 15 is 0 Å². The molecule has 308 valence electrons. The fourth-order valence-corrected chi connectivity index (χ4v) is 15.8. The average molecular weight is 857 g/mol. The Bertz CT molecular complexity index is 3960. The van der Waals surface area contributed by atoms with Crippen LogP contribution in [0.25, 0.3) is 82.5 Å². The minimum absolute atomic E-state index is 0.648. The minimum atomic E-state index is -2.76. The summed E-state index contributed by atoms with van der Waals surface area (Å²) in [5.41, 5.74) is 10.7. The van der Waals surface area contributed by atoms with E-state index in [0.29, 0.717) is 5.56 Å². The van der Waals surface area contributed by atoms with Gasteiger partial charge in [0, 0.05) is 49.4 Å². The molecule has 0 fully saturated rings. The molecule has 0 aliphatic rings. The predicted octanol–water partition coefficient (Wildman–Crippen LogP) is 12.2. The SMILES string of the molecule is N#Cc1ccc2c3ccccc3n(-c3ccc4c(c3)c3ccccc3n4-c3ccc4c(c3)c3ccccc3n4-c3cccc([Si](c4ccccc4)(c4ccccc4)c4ccccc4)c3)c2c1. The molecule has 0 radical (unpaired) electrons. The third-order valence-corrected chi connectivity index (χ3v) is 18.6. The summed E-state index contributed by atoms with van der Waals surface area (Å²) >= 11 is 0. The molecule has 3 aromatic heterocycles. The van der Waals surface area contributed by atoms with Gasteiger partial charge in [-0.15, -0.1) is 0 Å². The second-order valence-corrected chi connectivity index (χ2v) is 21.0. The largest absolute Gasteiger partial charge is 0.309 e. The van der Waals surface area contributed by atoms with Gasteiger partial charge in [0.2, 0.25) is 0 Å². The Morgan fingerprint density at radius 3 is 1.14 bits per heavy atom. The summed E-state index contributed by atoms with van der Waals surface area (Å²) < 4.78 is 7.18. The Morgan fingerprint density at radius 1 is 0.273 bits per heavy atom. The Kier molecular flexibility index (Phi) is 8.57. The normalized spacial score (nSPS) is 11.9. The number of hydrogen-bond donors (Lipinski definition) is 0. The highest BCUT2D eigenvalue weighted by Crippen LogP contribution is 2.39. The summed E-state index contributed by atoms with van der Waals surface area (Å²) in [5, 5.41) is 22.4. The van der Waals surface area contributed by atoms with Gasteiger partial charge in [0.25, 0.3) is 0 Å². The Balaban J connectivity index is 1.01. The molecular weight excluding hydrogens is 817 g/mol. The van der Waals surface area contributed by atoms with Crippen molar-refractivity contribution in [1.82, 2.24) is 13.7 Å². The van der Waals surface area contributed by atoms with Crippen molar-refractivity contribution in [2.45, 2.75) is 0 Å². The van der Waals surface area contributed by atoms with Crippen molar-refractivity contribution in [3.63, 3.8) is 0 Å². The Morgan fingerprint density at radius 2 is 0.652 bits per heavy atom. The first-order valence-electron chi connectivity index (χ1n) is 22.5. The highest BCUT2D eigenvalue weighted by molar-refractivity contribution is 7.19. The molecule has 0 aliphatic heterocycles. The third-order valence-electron chi connectivity index (χ3n) is 13.8. The molecule has 0 spiro atoms. The van der Waals surface area contributed by atoms with Crippen molar-refractivity contribution in [2.24, 2.45) is 0 Å². The monoisotopic (exact) mass is 856 g/mol. The van der Waals surface area contributed by atoms with Crippen molar-refractivity contribution in [2.75, 3.05) is 0 Å². The quantitative estimate of drug-likeness (QED) is 0.116. The molecule has 0 atom stereocenters. The zero-order valence-electron chi connectivity index (χ0n) is 35.9. The number of nitrogens with zero attached hydrogens (tertiary/aromatic N) is 4. The lowest BCUT2D eigenvalue weighted by Gasteiger charge is -2.34. The zero-order chi connectivity index (χ0) is 43.8. The van der Waals surface area contributed by atoms with Gasteiger partial charge in [-0.3, -0.25) is 0 Å². The van der Waals surface area contributed by atoms with Gasteiger partial charge in [-0.1, -0.05) is 164 Å². The first-order valence-corrected chi connectivity index (χ1v) is 24.5. The molecule has 5 heteroatoms. The van der Waals surface area contributed by atoms with Gasteiger partial charge in [-0.25, -0.2) is 0 Å². The van der Waals surface area contributed by atoms with E-state index in [1.54, 1.807) is 0 Å². The van der Waals surface area contributed by atoms with Gasteiger partial charge in [-0.05, 0) is 99.6 Å². The van der Waals surface area contributed by atoms with E-state index in [2.05, 4.69) is 250 Å². The zero-order valence-corrected chi connectivity index (χ0v) is 36.9. The maximum Gasteiger partial charge on any atom is 0.179 e. The van der Waals surface area contributed by atoms with Crippen LogP contribution in [0.4, 0.5) is 0 Å². The summed E-state index contributed by atoms with van der Waals surface area (Å²) in [6.07, 6.45) is 0. The fourth-order valence-electron chi connectivity index (χ4n) is 11.0. The summed E-state index contributed by atoms with van der Waals surface area (Å²) in [6.45, 7) is 0. The maximum absolute atomic E-state index is 9.88. The molecule has 3 heterocycles. The van der Waals surface area contributed by atoms with Crippen molar-refractivity contribution in [3.05, 3.63) is 248 Å². The summed E-state index contributed by atoms with van der Waals surface area (Å²) in [4.78, 5) is 0. The van der Waals surface area contributed by atoms with Crippen LogP contribution in [0.5, 0.6) is 0 Å². The average Bonchev–Trinajstić information content (AvgIpc) is 4.02. The van der Waals surface area contributed by atoms with Crippen LogP contribution in [0.3, 0.4) is 0 Å². The van der Waals surface area contributed by atoms with Crippen molar-refractivity contribution in [3.8, 4) is 23.1 Å². The molecular formula is C61H40N4Si. The molecule has 0 amide bonds. The molecule has 0 bridgehead atoms. The van der Waals surface area contributed by atoms with E-state index in [0.717, 1.165) is 50.0 Å². The molecule has 10 aromatic carbocycles. The van der Waals surface area contributed by atoms with Crippen LogP contribution < -0.4 is 20.7 Å². The van der Waals surface area contributed by atoms with Crippen LogP contribution in [-0.4, -0.2) is 21.8 Å². The summed E-state index contributed by atoms with van der Waals surface area (Å²) in [5.74, 6) is 0. The highest BCUT2D eigenvalue weighted by Gasteiger charge is 2.41. The standard InChI is InChI=1S/C61H40N4Si/c62-41-42-31-34-53-50-25-10-13-28-56(50)65(61(53)37-42)45-33-36-60-55(40-45)52-27-12-15-30-58(52)64(60)44-32-35-59-54(39-44)51-26-11-14-29-57(51)63(59)43-17-16-24-49(38-43)66(46-18-4-1-5-19-46,47-20-6-2-7-21-47)48-22-8-3-9-23-48/h1-40H. The smallest absolute Gasteiger partial charge is 0.179 e. The van der Waals surface area contributed by atoms with Crippen molar-refractivity contribution in [1.29, 1.82) is 5.26 Å². The molecule has 13 aromatic rings. The van der Waals surface area contributed by atoms with E-state index in [4.69, 9.17) is 0 Å². The first kappa shape index (κ1) is 37.8. The highest BCUT2D eigenvalue weighted by atomic mass is 28.3. The maximum atomic E-state index is 9.88. The number of hydrogen-bond acceptors (Lipinski definition) is 1. The number of rotatable bonds is 7. The van der Waals surface area contributed by atoms with Crippen LogP contribution in [0.1, 0.15) is 5.56 Å². The lowest BCUT2D eigenvalue weighted by atomic mass is 10.1. The number of benzene rings is 10. The lowest BCUT2D eigenvalue weighted by Crippen LogP contribution is -2.74. The molecule has 0 aliphatic carbocycles. The van der Waals surface area contributed by atoms with Gasteiger partial charge >= 0.3 is 0 Å². The second-order valence-electron chi connectivity index (χ2n) is 17.2. The Labute approximate surface area is 382 Å². The van der Waals surface area contributed by atoms with Gasteiger partial charge in [0.05, 0.1) is 44.7 Å². The van der Waals surface area contributed by atoms with E-state index in [9.17, 15) is 5.26 Å². The van der Waals surface area contributed by atoms with Gasteiger partial charge < -0.3 is 13.7 Å². The molecule has 66 heavy (non-hydrogen) atoms. The van der Waals surface area contributed by atoms with Crippen molar-refractivity contribution >= 4 is 94.2 Å². The molecule has 0 saturated carbocycles. The number of nitriles is 1. The second kappa shape index (κ2) is 15.0. The molecule has 0 unspecified atom stereocenters. The number of fused-ring (bicyclic) bond motifs is 9. The van der Waals surface area contributed by atoms with Gasteiger partial charge in [0.15, 0.2) is 8.07 Å². The predicted molar refractivity (Wildman–Crippen MR) is 278 cm³/mol. The van der Waals surface area contributed by atoms with E-state index < -0.39 is 8.07 Å². The van der Waals surface area contributed by atoms with E-state index in [-0.39, 0.29) is 0 Å². The van der Waals surface area contributed by atoms with Crippen LogP contribution in [-0.2, 0) is 0 Å². The van der Waals surface area contributed by atoms with Crippen LogP contribution in [0, 0.1) is 11.3 Å². The lowest BCUT2D eigenvalue weighted by molar-refractivity contribution is 1.16. The Hall–Kier alpha value is -8.69. The first-order chi connectivity index (χ1) is 32.7. The number of para-hydroxylation sites is 3. The van der Waals surface area contributed by atoms with Crippen LogP contribution in [0.15, 0.2) is 243 Å². The van der Waals surface area contributed by atoms with Crippen molar-refractivity contribution < 1.29 is 0 Å². The third kappa shape index (κ3) is 5.56. The van der Waals surface area contributed by atoms with E-state index in [1.807, 2.05) is 12.1 Å². The summed E-state index contributed by atoms with van der Waals surface area (Å²) in [6, 6.07) is 91.0. The molecule has 4 nitrogen and oxygen atoms in total. The topological polar surface area (TPSA) is 38.6 Å². The molecule has 0 N–H and O–H groups in total. The fraction of sp³-hybridized carbons (Fsp3) is 0. The molecule has 0 saturated heterocycles. The summed E-state index contributed by atoms with van der Waals surface area (Å²) in [7, 11) is -2.76. The van der Waals surface area contributed by atoms with Crippen LogP contribution in [0.2, 0.25) is 0 Å². The minimum Gasteiger partial charge on any atom is -0.309 e.